The molecular weight excluding hydrogens is 505 g/mol. The number of sulfone groups is 1. The number of ether oxygens (including phenoxy) is 1. The summed E-state index contributed by atoms with van der Waals surface area (Å²) in [6.45, 7) is 2.45. The number of hydrogen-bond acceptors (Lipinski definition) is 7. The van der Waals surface area contributed by atoms with E-state index in [0.29, 0.717) is 22.9 Å². The van der Waals surface area contributed by atoms with E-state index in [2.05, 4.69) is 5.32 Å². The SMILES string of the molecule is C[C@H](COc1ccc(S(=O)(=O)c2ccc(O)c(C(=O)O)c2)cc1)NC[C@@H](O)c1cccc(Cl)c1.[H-].[Na+]. The maximum Gasteiger partial charge on any atom is 1.00 e. The topological polar surface area (TPSA) is 133 Å². The third-order valence-electron chi connectivity index (χ3n) is 5.04. The minimum absolute atomic E-state index is 0. The van der Waals surface area contributed by atoms with Gasteiger partial charge in [0.25, 0.3) is 0 Å². The molecule has 0 aliphatic rings. The van der Waals surface area contributed by atoms with Gasteiger partial charge in [-0.15, -0.1) is 0 Å². The van der Waals surface area contributed by atoms with Gasteiger partial charge in [-0.05, 0) is 67.1 Å². The fourth-order valence-corrected chi connectivity index (χ4v) is 4.61. The fraction of sp³-hybridized carbons (Fsp3) is 0.208. The molecule has 0 fully saturated rings. The van der Waals surface area contributed by atoms with Gasteiger partial charge in [-0.2, -0.15) is 0 Å². The average Bonchev–Trinajstić information content (AvgIpc) is 2.81. The van der Waals surface area contributed by atoms with Crippen LogP contribution < -0.4 is 39.6 Å². The van der Waals surface area contributed by atoms with E-state index in [9.17, 15) is 23.4 Å². The summed E-state index contributed by atoms with van der Waals surface area (Å²) in [4.78, 5) is 10.9. The van der Waals surface area contributed by atoms with Crippen molar-refractivity contribution < 1.29 is 64.3 Å². The number of phenols is 1. The summed E-state index contributed by atoms with van der Waals surface area (Å²) in [6.07, 6.45) is -0.729. The Morgan fingerprint density at radius 1 is 1.09 bits per heavy atom. The Kier molecular flexibility index (Phi) is 10.6. The van der Waals surface area contributed by atoms with Gasteiger partial charge >= 0.3 is 35.5 Å². The van der Waals surface area contributed by atoms with Crippen molar-refractivity contribution >= 4 is 27.4 Å². The molecule has 0 radical (unpaired) electrons. The number of halogens is 1. The van der Waals surface area contributed by atoms with Gasteiger partial charge in [0.1, 0.15) is 23.7 Å². The van der Waals surface area contributed by atoms with Crippen LogP contribution in [0.25, 0.3) is 0 Å². The van der Waals surface area contributed by atoms with E-state index < -0.39 is 33.2 Å². The van der Waals surface area contributed by atoms with Crippen molar-refractivity contribution in [3.63, 3.8) is 0 Å². The molecule has 3 rings (SSSR count). The van der Waals surface area contributed by atoms with E-state index in [1.54, 1.807) is 24.3 Å². The van der Waals surface area contributed by atoms with E-state index in [0.717, 1.165) is 18.2 Å². The van der Waals surface area contributed by atoms with Crippen LogP contribution in [0, 0.1) is 0 Å². The molecule has 35 heavy (non-hydrogen) atoms. The number of benzene rings is 3. The van der Waals surface area contributed by atoms with E-state index in [-0.39, 0.29) is 53.4 Å². The minimum Gasteiger partial charge on any atom is -1.00 e. The van der Waals surface area contributed by atoms with Crippen molar-refractivity contribution in [3.05, 3.63) is 82.9 Å². The number of aromatic carboxylic acids is 1. The number of rotatable bonds is 10. The third kappa shape index (κ3) is 7.68. The van der Waals surface area contributed by atoms with Gasteiger partial charge < -0.3 is 26.8 Å². The molecule has 0 heterocycles. The molecule has 3 aromatic carbocycles. The van der Waals surface area contributed by atoms with Crippen molar-refractivity contribution in [2.75, 3.05) is 13.2 Å². The molecule has 0 saturated carbocycles. The van der Waals surface area contributed by atoms with E-state index in [1.165, 1.54) is 24.3 Å². The number of carboxylic acid groups (broad SMARTS) is 1. The van der Waals surface area contributed by atoms with Gasteiger partial charge in [0.15, 0.2) is 0 Å². The number of aliphatic hydroxyl groups excluding tert-OH is 1. The number of aliphatic hydroxyl groups is 1. The Hall–Kier alpha value is -2.11. The van der Waals surface area contributed by atoms with E-state index >= 15 is 0 Å². The van der Waals surface area contributed by atoms with Crippen molar-refractivity contribution in [2.45, 2.75) is 28.9 Å². The molecular formula is C24H25ClNNaO7S. The number of aromatic hydroxyl groups is 1. The molecule has 0 bridgehead atoms. The summed E-state index contributed by atoms with van der Waals surface area (Å²) in [6, 6.07) is 15.7. The van der Waals surface area contributed by atoms with Crippen LogP contribution in [0.4, 0.5) is 0 Å². The maximum absolute atomic E-state index is 12.8. The molecule has 0 aliphatic heterocycles. The average molecular weight is 530 g/mol. The Labute approximate surface area is 232 Å². The number of nitrogens with one attached hydrogen (secondary N) is 1. The van der Waals surface area contributed by atoms with Crippen LogP contribution in [0.3, 0.4) is 0 Å². The summed E-state index contributed by atoms with van der Waals surface area (Å²) in [5.74, 6) is -1.50. The molecule has 4 N–H and O–H groups in total. The molecule has 3 aromatic rings. The predicted octanol–water partition coefficient (Wildman–Crippen LogP) is 0.784. The first-order valence-corrected chi connectivity index (χ1v) is 12.1. The molecule has 2 atom stereocenters. The van der Waals surface area contributed by atoms with Gasteiger partial charge in [-0.25, -0.2) is 13.2 Å². The smallest absolute Gasteiger partial charge is 1.00 e. The first-order valence-electron chi connectivity index (χ1n) is 10.3. The quantitative estimate of drug-likeness (QED) is 0.283. The number of carboxylic acids is 1. The first-order chi connectivity index (χ1) is 16.1. The molecule has 11 heteroatoms. The predicted molar refractivity (Wildman–Crippen MR) is 127 cm³/mol. The molecule has 0 spiro atoms. The minimum atomic E-state index is -3.99. The second-order valence-corrected chi connectivity index (χ2v) is 10.0. The van der Waals surface area contributed by atoms with Crippen molar-refractivity contribution in [3.8, 4) is 11.5 Å². The molecule has 0 aromatic heterocycles. The summed E-state index contributed by atoms with van der Waals surface area (Å²) < 4.78 is 31.3. The molecule has 0 aliphatic carbocycles. The number of hydrogen-bond donors (Lipinski definition) is 4. The molecule has 182 valence electrons. The van der Waals surface area contributed by atoms with Crippen LogP contribution in [0.5, 0.6) is 11.5 Å². The van der Waals surface area contributed by atoms with Crippen LogP contribution in [0.1, 0.15) is 30.4 Å². The summed E-state index contributed by atoms with van der Waals surface area (Å²) in [7, 11) is -3.99. The zero-order chi connectivity index (χ0) is 24.9. The van der Waals surface area contributed by atoms with E-state index in [1.807, 2.05) is 6.92 Å². The van der Waals surface area contributed by atoms with Crippen molar-refractivity contribution in [1.82, 2.24) is 5.32 Å². The first kappa shape index (κ1) is 29.1. The maximum atomic E-state index is 12.8. The summed E-state index contributed by atoms with van der Waals surface area (Å²) in [5, 5.41) is 32.7. The molecule has 8 nitrogen and oxygen atoms in total. The second kappa shape index (κ2) is 12.7. The second-order valence-electron chi connectivity index (χ2n) is 7.65. The standard InChI is InChI=1S/C24H24ClNO7S.Na.H/c1-15(26-13-23(28)16-3-2-4-17(25)11-16)14-33-18-5-7-19(8-6-18)34(31,32)20-9-10-22(27)21(12-20)24(29)30;;/h2-12,15,23,26-28H,13-14H2,1H3,(H,29,30);;/q;+1;-1/t15-,23-;;/m1../s1. The molecule has 0 saturated heterocycles. The fourth-order valence-electron chi connectivity index (χ4n) is 3.13. The normalized spacial score (nSPS) is 12.9. The molecule has 0 amide bonds. The zero-order valence-corrected chi connectivity index (χ0v) is 22.8. The Bertz CT molecular complexity index is 1280. The zero-order valence-electron chi connectivity index (χ0n) is 20.2. The van der Waals surface area contributed by atoms with Gasteiger partial charge in [0, 0.05) is 17.6 Å². The third-order valence-corrected chi connectivity index (χ3v) is 7.04. The largest absolute Gasteiger partial charge is 1.00 e. The van der Waals surface area contributed by atoms with Crippen LogP contribution in [0.15, 0.2) is 76.5 Å². The van der Waals surface area contributed by atoms with Crippen molar-refractivity contribution in [1.29, 1.82) is 0 Å². The van der Waals surface area contributed by atoms with Gasteiger partial charge in [0.05, 0.1) is 15.9 Å². The van der Waals surface area contributed by atoms with Crippen LogP contribution in [-0.2, 0) is 9.84 Å². The Morgan fingerprint density at radius 2 is 1.74 bits per heavy atom. The van der Waals surface area contributed by atoms with Crippen LogP contribution in [0.2, 0.25) is 5.02 Å². The van der Waals surface area contributed by atoms with Crippen molar-refractivity contribution in [2.24, 2.45) is 0 Å². The number of carbonyl (C=O) groups is 1. The Balaban J connectivity index is 0.00000324. The summed E-state index contributed by atoms with van der Waals surface area (Å²) >= 11 is 5.95. The van der Waals surface area contributed by atoms with Gasteiger partial charge in [-0.1, -0.05) is 23.7 Å². The monoisotopic (exact) mass is 529 g/mol. The summed E-state index contributed by atoms with van der Waals surface area (Å²) in [5.41, 5.74) is 0.206. The van der Waals surface area contributed by atoms with Gasteiger partial charge in [-0.3, -0.25) is 0 Å². The van der Waals surface area contributed by atoms with Crippen LogP contribution in [-0.4, -0.2) is 48.9 Å². The Morgan fingerprint density at radius 3 is 2.37 bits per heavy atom. The molecule has 0 unspecified atom stereocenters. The van der Waals surface area contributed by atoms with Gasteiger partial charge in [0.2, 0.25) is 9.84 Å². The van der Waals surface area contributed by atoms with E-state index in [4.69, 9.17) is 21.4 Å². The van der Waals surface area contributed by atoms with Crippen LogP contribution >= 0.6 is 11.6 Å².